The maximum absolute atomic E-state index is 12.8. The maximum atomic E-state index is 12.8. The second-order valence-electron chi connectivity index (χ2n) is 3.97. The minimum atomic E-state index is -3.37. The summed E-state index contributed by atoms with van der Waals surface area (Å²) in [6, 6.07) is 4.60. The first-order valence-corrected chi connectivity index (χ1v) is 7.06. The van der Waals surface area contributed by atoms with E-state index in [0.717, 1.165) is 11.1 Å². The van der Waals surface area contributed by atoms with Crippen molar-refractivity contribution in [3.8, 4) is 0 Å². The van der Waals surface area contributed by atoms with E-state index >= 15 is 0 Å². The number of sulfonamides is 1. The van der Waals surface area contributed by atoms with Gasteiger partial charge in [0.2, 0.25) is 10.0 Å². The maximum Gasteiger partial charge on any atom is 0.209 e. The third-order valence-electron chi connectivity index (χ3n) is 2.40. The van der Waals surface area contributed by atoms with Crippen molar-refractivity contribution >= 4 is 10.0 Å². The Bertz CT molecular complexity index is 474. The van der Waals surface area contributed by atoms with E-state index in [2.05, 4.69) is 5.32 Å². The first kappa shape index (κ1) is 14.1. The van der Waals surface area contributed by atoms with Crippen molar-refractivity contribution in [1.82, 2.24) is 5.32 Å². The zero-order valence-corrected chi connectivity index (χ0v) is 10.6. The standard InChI is InChI=1S/C11H17FN2O2S/c1-9-7-11(12)4-3-10(9)8-14-5-2-6-17(13,15)16/h3-4,7,14H,2,5-6,8H2,1H3,(H2,13,15,16). The number of hydrogen-bond donors (Lipinski definition) is 2. The molecule has 1 rings (SSSR count). The minimum absolute atomic E-state index is 0.0254. The predicted molar refractivity (Wildman–Crippen MR) is 65.4 cm³/mol. The Kier molecular flexibility index (Phi) is 5.04. The lowest BCUT2D eigenvalue weighted by molar-refractivity contribution is 0.589. The second-order valence-corrected chi connectivity index (χ2v) is 5.70. The Labute approximate surface area is 101 Å². The van der Waals surface area contributed by atoms with Gasteiger partial charge in [-0.1, -0.05) is 6.07 Å². The van der Waals surface area contributed by atoms with E-state index in [0.29, 0.717) is 19.5 Å². The molecule has 0 radical (unpaired) electrons. The molecule has 0 amide bonds. The van der Waals surface area contributed by atoms with Crippen LogP contribution in [0, 0.1) is 12.7 Å². The topological polar surface area (TPSA) is 72.2 Å². The molecular weight excluding hydrogens is 243 g/mol. The summed E-state index contributed by atoms with van der Waals surface area (Å²) < 4.78 is 34.1. The highest BCUT2D eigenvalue weighted by molar-refractivity contribution is 7.89. The first-order valence-electron chi connectivity index (χ1n) is 5.35. The van der Waals surface area contributed by atoms with Gasteiger partial charge in [-0.3, -0.25) is 0 Å². The molecule has 0 atom stereocenters. The van der Waals surface area contributed by atoms with Gasteiger partial charge >= 0.3 is 0 Å². The van der Waals surface area contributed by atoms with Crippen molar-refractivity contribution < 1.29 is 12.8 Å². The summed E-state index contributed by atoms with van der Waals surface area (Å²) in [6.45, 7) is 2.99. The molecule has 3 N–H and O–H groups in total. The molecule has 0 aliphatic rings. The van der Waals surface area contributed by atoms with Gasteiger partial charge in [0.25, 0.3) is 0 Å². The van der Waals surface area contributed by atoms with Gasteiger partial charge in [0, 0.05) is 6.54 Å². The van der Waals surface area contributed by atoms with Gasteiger partial charge in [0.15, 0.2) is 0 Å². The molecule has 0 aromatic heterocycles. The second kappa shape index (κ2) is 6.09. The number of hydrogen-bond acceptors (Lipinski definition) is 3. The SMILES string of the molecule is Cc1cc(F)ccc1CNCCCS(N)(=O)=O. The van der Waals surface area contributed by atoms with Gasteiger partial charge < -0.3 is 5.32 Å². The third-order valence-corrected chi connectivity index (χ3v) is 3.26. The quantitative estimate of drug-likeness (QED) is 0.747. The molecular formula is C11H17FN2O2S. The summed E-state index contributed by atoms with van der Waals surface area (Å²) in [6.07, 6.45) is 0.471. The van der Waals surface area contributed by atoms with Crippen LogP contribution < -0.4 is 10.5 Å². The summed E-state index contributed by atoms with van der Waals surface area (Å²) in [5, 5.41) is 7.96. The van der Waals surface area contributed by atoms with Crippen LogP contribution in [0.5, 0.6) is 0 Å². The van der Waals surface area contributed by atoms with Gasteiger partial charge in [-0.25, -0.2) is 17.9 Å². The zero-order chi connectivity index (χ0) is 12.9. The number of primary sulfonamides is 1. The van der Waals surface area contributed by atoms with Crippen LogP contribution in [0.3, 0.4) is 0 Å². The third kappa shape index (κ3) is 5.76. The number of rotatable bonds is 6. The Morgan fingerprint density at radius 3 is 2.71 bits per heavy atom. The highest BCUT2D eigenvalue weighted by Crippen LogP contribution is 2.09. The molecule has 0 aliphatic carbocycles. The van der Waals surface area contributed by atoms with E-state index < -0.39 is 10.0 Å². The summed E-state index contributed by atoms with van der Waals surface area (Å²) in [4.78, 5) is 0. The molecule has 0 heterocycles. The van der Waals surface area contributed by atoms with Crippen LogP contribution in [0.25, 0.3) is 0 Å². The Morgan fingerprint density at radius 2 is 2.12 bits per heavy atom. The van der Waals surface area contributed by atoms with Crippen LogP contribution in [0.4, 0.5) is 4.39 Å². The van der Waals surface area contributed by atoms with Crippen molar-refractivity contribution in [3.63, 3.8) is 0 Å². The van der Waals surface area contributed by atoms with Crippen LogP contribution >= 0.6 is 0 Å². The lowest BCUT2D eigenvalue weighted by Gasteiger charge is -2.07. The van der Waals surface area contributed by atoms with Gasteiger partial charge in [0.1, 0.15) is 5.82 Å². The van der Waals surface area contributed by atoms with Crippen LogP contribution in [0.1, 0.15) is 17.5 Å². The molecule has 0 saturated heterocycles. The minimum Gasteiger partial charge on any atom is -0.313 e. The van der Waals surface area contributed by atoms with Gasteiger partial charge in [0.05, 0.1) is 5.75 Å². The molecule has 1 aromatic carbocycles. The van der Waals surface area contributed by atoms with E-state index in [1.54, 1.807) is 6.07 Å². The van der Waals surface area contributed by atoms with E-state index in [1.165, 1.54) is 12.1 Å². The van der Waals surface area contributed by atoms with E-state index in [-0.39, 0.29) is 11.6 Å². The predicted octanol–water partition coefficient (Wildman–Crippen LogP) is 0.902. The number of aryl methyl sites for hydroxylation is 1. The lowest BCUT2D eigenvalue weighted by atomic mass is 10.1. The number of benzene rings is 1. The molecule has 96 valence electrons. The number of nitrogens with one attached hydrogen (secondary N) is 1. The molecule has 1 aromatic rings. The average molecular weight is 260 g/mol. The van der Waals surface area contributed by atoms with Gasteiger partial charge in [-0.05, 0) is 43.1 Å². The van der Waals surface area contributed by atoms with Gasteiger partial charge in [-0.2, -0.15) is 0 Å². The molecule has 0 spiro atoms. The number of nitrogens with two attached hydrogens (primary N) is 1. The summed E-state index contributed by atoms with van der Waals surface area (Å²) in [7, 11) is -3.37. The fourth-order valence-electron chi connectivity index (χ4n) is 1.48. The summed E-state index contributed by atoms with van der Waals surface area (Å²) in [5.74, 6) is -0.275. The Morgan fingerprint density at radius 1 is 1.41 bits per heavy atom. The molecule has 0 saturated carbocycles. The highest BCUT2D eigenvalue weighted by atomic mass is 32.2. The average Bonchev–Trinajstić information content (AvgIpc) is 2.18. The van der Waals surface area contributed by atoms with Crippen LogP contribution in [0.15, 0.2) is 18.2 Å². The molecule has 4 nitrogen and oxygen atoms in total. The summed E-state index contributed by atoms with van der Waals surface area (Å²) >= 11 is 0. The largest absolute Gasteiger partial charge is 0.313 e. The fraction of sp³-hybridized carbons (Fsp3) is 0.455. The molecule has 17 heavy (non-hydrogen) atoms. The highest BCUT2D eigenvalue weighted by Gasteiger charge is 2.02. The Hall–Kier alpha value is -0.980. The Balaban J connectivity index is 2.32. The molecule has 6 heteroatoms. The van der Waals surface area contributed by atoms with Crippen molar-refractivity contribution in [2.75, 3.05) is 12.3 Å². The van der Waals surface area contributed by atoms with Crippen molar-refractivity contribution in [2.45, 2.75) is 19.9 Å². The van der Waals surface area contributed by atoms with Crippen LogP contribution in [-0.2, 0) is 16.6 Å². The molecule has 0 unspecified atom stereocenters. The molecule has 0 fully saturated rings. The fourth-order valence-corrected chi connectivity index (χ4v) is 2.03. The van der Waals surface area contributed by atoms with E-state index in [4.69, 9.17) is 5.14 Å². The lowest BCUT2D eigenvalue weighted by Crippen LogP contribution is -2.22. The molecule has 0 bridgehead atoms. The first-order chi connectivity index (χ1) is 7.88. The smallest absolute Gasteiger partial charge is 0.209 e. The van der Waals surface area contributed by atoms with Crippen LogP contribution in [-0.4, -0.2) is 20.7 Å². The van der Waals surface area contributed by atoms with E-state index in [1.807, 2.05) is 6.92 Å². The summed E-state index contributed by atoms with van der Waals surface area (Å²) in [5.41, 5.74) is 1.88. The van der Waals surface area contributed by atoms with Crippen LogP contribution in [0.2, 0.25) is 0 Å². The van der Waals surface area contributed by atoms with Crippen molar-refractivity contribution in [1.29, 1.82) is 0 Å². The molecule has 0 aliphatic heterocycles. The van der Waals surface area contributed by atoms with Crippen molar-refractivity contribution in [3.05, 3.63) is 35.1 Å². The van der Waals surface area contributed by atoms with Crippen molar-refractivity contribution in [2.24, 2.45) is 5.14 Å². The zero-order valence-electron chi connectivity index (χ0n) is 9.74. The normalized spacial score (nSPS) is 11.7. The van der Waals surface area contributed by atoms with E-state index in [9.17, 15) is 12.8 Å². The monoisotopic (exact) mass is 260 g/mol. The number of halogens is 1. The van der Waals surface area contributed by atoms with Gasteiger partial charge in [-0.15, -0.1) is 0 Å².